The van der Waals surface area contributed by atoms with Crippen molar-refractivity contribution in [1.82, 2.24) is 8.96 Å². The highest BCUT2D eigenvalue weighted by Crippen LogP contribution is 2.26. The maximum absolute atomic E-state index is 12.9. The molecule has 23 heavy (non-hydrogen) atoms. The van der Waals surface area contributed by atoms with Gasteiger partial charge in [0.1, 0.15) is 11.0 Å². The normalized spacial score (nSPS) is 13.3. The van der Waals surface area contributed by atoms with E-state index in [2.05, 4.69) is 4.98 Å². The molecule has 120 valence electrons. The Morgan fingerprint density at radius 3 is 2.43 bits per heavy atom. The van der Waals surface area contributed by atoms with Crippen LogP contribution in [0.3, 0.4) is 0 Å². The van der Waals surface area contributed by atoms with Gasteiger partial charge in [0, 0.05) is 11.3 Å². The molecule has 3 rings (SSSR count). The summed E-state index contributed by atoms with van der Waals surface area (Å²) in [5.74, 6) is 1.07. The molecule has 1 unspecified atom stereocenters. The van der Waals surface area contributed by atoms with E-state index in [1.807, 2.05) is 54.6 Å². The van der Waals surface area contributed by atoms with Gasteiger partial charge in [-0.1, -0.05) is 42.5 Å². The molecule has 0 aliphatic carbocycles. The number of hydrogen-bond acceptors (Lipinski definition) is 3. The first-order valence-corrected chi connectivity index (χ1v) is 8.87. The number of aromatic nitrogens is 2. The fourth-order valence-electron chi connectivity index (χ4n) is 2.41. The van der Waals surface area contributed by atoms with Gasteiger partial charge in [-0.2, -0.15) is 0 Å². The predicted molar refractivity (Wildman–Crippen MR) is 94.5 cm³/mol. The molecule has 0 bridgehead atoms. The second-order valence-corrected chi connectivity index (χ2v) is 7.59. The summed E-state index contributed by atoms with van der Waals surface area (Å²) in [5.41, 5.74) is 1.77. The number of hydrogen-bond donors (Lipinski definition) is 1. The molecule has 1 N–H and O–H groups in total. The molecule has 0 spiro atoms. The molecule has 0 aliphatic heterocycles. The van der Waals surface area contributed by atoms with Crippen LogP contribution < -0.4 is 0 Å². The Hall–Kier alpha value is -1.98. The van der Waals surface area contributed by atoms with Crippen LogP contribution in [0.2, 0.25) is 0 Å². The highest BCUT2D eigenvalue weighted by atomic mass is 32.2. The molecule has 0 radical (unpaired) electrons. The summed E-state index contributed by atoms with van der Waals surface area (Å²) in [6.45, 7) is 3.46. The Labute approximate surface area is 138 Å². The van der Waals surface area contributed by atoms with Crippen LogP contribution in [0.25, 0.3) is 22.4 Å². The predicted octanol–water partition coefficient (Wildman–Crippen LogP) is 3.38. The van der Waals surface area contributed by atoms with Crippen LogP contribution in [-0.2, 0) is 11.0 Å². The van der Waals surface area contributed by atoms with Gasteiger partial charge in [0.2, 0.25) is 0 Å². The monoisotopic (exact) mass is 328 g/mol. The lowest BCUT2D eigenvalue weighted by molar-refractivity contribution is 0.0774. The number of imidazole rings is 1. The van der Waals surface area contributed by atoms with Gasteiger partial charge in [-0.25, -0.2) is 13.2 Å². The molecule has 0 amide bonds. The van der Waals surface area contributed by atoms with Gasteiger partial charge in [-0.15, -0.1) is 0 Å². The van der Waals surface area contributed by atoms with E-state index in [1.165, 1.54) is 0 Å². The number of para-hydroxylation sites is 2. The molecule has 1 heterocycles. The van der Waals surface area contributed by atoms with Crippen molar-refractivity contribution in [3.05, 3.63) is 54.6 Å². The third-order valence-electron chi connectivity index (χ3n) is 3.64. The smallest absolute Gasteiger partial charge is 0.153 e. The van der Waals surface area contributed by atoms with E-state index < -0.39 is 16.6 Å². The summed E-state index contributed by atoms with van der Waals surface area (Å²) in [6.07, 6.45) is 0.459. The van der Waals surface area contributed by atoms with Crippen molar-refractivity contribution in [2.75, 3.05) is 5.75 Å². The van der Waals surface area contributed by atoms with Crippen LogP contribution in [0.15, 0.2) is 54.6 Å². The van der Waals surface area contributed by atoms with Crippen LogP contribution in [0.4, 0.5) is 0 Å². The van der Waals surface area contributed by atoms with Crippen molar-refractivity contribution in [2.45, 2.75) is 25.9 Å². The van der Waals surface area contributed by atoms with Gasteiger partial charge >= 0.3 is 0 Å². The van der Waals surface area contributed by atoms with Crippen LogP contribution in [0.5, 0.6) is 0 Å². The molecule has 3 aromatic rings. The fraction of sp³-hybridized carbons (Fsp3) is 0.278. The Kier molecular flexibility index (Phi) is 4.33. The van der Waals surface area contributed by atoms with Crippen LogP contribution in [0, 0.1) is 0 Å². The molecule has 2 aromatic carbocycles. The van der Waals surface area contributed by atoms with E-state index in [0.29, 0.717) is 18.0 Å². The zero-order chi connectivity index (χ0) is 16.4. The molecule has 0 saturated carbocycles. The lowest BCUT2D eigenvalue weighted by Gasteiger charge is -2.17. The summed E-state index contributed by atoms with van der Waals surface area (Å²) in [7, 11) is -1.29. The second-order valence-electron chi connectivity index (χ2n) is 6.17. The van der Waals surface area contributed by atoms with Gasteiger partial charge in [0.05, 0.1) is 16.6 Å². The Bertz CT molecular complexity index is 835. The van der Waals surface area contributed by atoms with E-state index >= 15 is 0 Å². The number of nitrogens with zero attached hydrogens (tertiary/aromatic N) is 2. The van der Waals surface area contributed by atoms with E-state index in [0.717, 1.165) is 16.6 Å². The highest BCUT2D eigenvalue weighted by molar-refractivity contribution is 7.83. The van der Waals surface area contributed by atoms with Gasteiger partial charge in [0.15, 0.2) is 5.82 Å². The first-order chi connectivity index (χ1) is 11.0. The average molecular weight is 328 g/mol. The van der Waals surface area contributed by atoms with E-state index in [-0.39, 0.29) is 0 Å². The summed E-state index contributed by atoms with van der Waals surface area (Å²) < 4.78 is 14.7. The van der Waals surface area contributed by atoms with Crippen molar-refractivity contribution >= 4 is 22.0 Å². The van der Waals surface area contributed by atoms with Gasteiger partial charge in [0.25, 0.3) is 0 Å². The zero-order valence-electron chi connectivity index (χ0n) is 13.3. The quantitative estimate of drug-likeness (QED) is 0.781. The third-order valence-corrected chi connectivity index (χ3v) is 4.97. The summed E-state index contributed by atoms with van der Waals surface area (Å²) in [6, 6.07) is 17.5. The summed E-state index contributed by atoms with van der Waals surface area (Å²) >= 11 is 0. The lowest BCUT2D eigenvalue weighted by atomic mass is 10.1. The standard InChI is InChI=1S/C18H20N2O2S/c1-18(2,21)12-13-23(22)20-16-11-7-6-10-15(16)19-17(20)14-8-4-3-5-9-14/h3-11,21H,12-13H2,1-2H3. The van der Waals surface area contributed by atoms with Crippen molar-refractivity contribution in [1.29, 1.82) is 0 Å². The number of fused-ring (bicyclic) bond motifs is 1. The van der Waals surface area contributed by atoms with Crippen molar-refractivity contribution in [3.8, 4) is 11.4 Å². The first kappa shape index (κ1) is 15.9. The molecule has 5 heteroatoms. The van der Waals surface area contributed by atoms with Crippen molar-refractivity contribution < 1.29 is 9.32 Å². The minimum atomic E-state index is -1.29. The van der Waals surface area contributed by atoms with Crippen molar-refractivity contribution in [2.24, 2.45) is 0 Å². The highest BCUT2D eigenvalue weighted by Gasteiger charge is 2.20. The van der Waals surface area contributed by atoms with Gasteiger partial charge < -0.3 is 5.11 Å². The van der Waals surface area contributed by atoms with Crippen LogP contribution in [0.1, 0.15) is 20.3 Å². The average Bonchev–Trinajstić information content (AvgIpc) is 2.92. The molecule has 0 saturated heterocycles. The SMILES string of the molecule is CC(C)(O)CCS(=O)n1c(-c2ccccc2)nc2ccccc21. The second kappa shape index (κ2) is 6.26. The Balaban J connectivity index is 2.08. The maximum atomic E-state index is 12.9. The number of aliphatic hydroxyl groups is 1. The molecule has 1 aromatic heterocycles. The summed E-state index contributed by atoms with van der Waals surface area (Å²) in [5, 5.41) is 9.90. The van der Waals surface area contributed by atoms with Crippen LogP contribution >= 0.6 is 0 Å². The molecule has 1 atom stereocenters. The molecular formula is C18H20N2O2S. The number of rotatable bonds is 5. The maximum Gasteiger partial charge on any atom is 0.153 e. The van der Waals surface area contributed by atoms with E-state index in [9.17, 15) is 9.32 Å². The minimum absolute atomic E-state index is 0.379. The largest absolute Gasteiger partial charge is 0.390 e. The number of benzene rings is 2. The molecule has 4 nitrogen and oxygen atoms in total. The Morgan fingerprint density at radius 1 is 1.09 bits per heavy atom. The van der Waals surface area contributed by atoms with Crippen molar-refractivity contribution in [3.63, 3.8) is 0 Å². The third kappa shape index (κ3) is 3.51. The zero-order valence-corrected chi connectivity index (χ0v) is 14.1. The molecule has 0 aliphatic rings. The Morgan fingerprint density at radius 2 is 1.74 bits per heavy atom. The lowest BCUT2D eigenvalue weighted by Crippen LogP contribution is -2.23. The van der Waals surface area contributed by atoms with Gasteiger partial charge in [-0.3, -0.25) is 0 Å². The molecular weight excluding hydrogens is 308 g/mol. The first-order valence-electron chi connectivity index (χ1n) is 7.60. The van der Waals surface area contributed by atoms with E-state index in [1.54, 1.807) is 17.8 Å². The molecule has 0 fully saturated rings. The summed E-state index contributed by atoms with van der Waals surface area (Å²) in [4.78, 5) is 4.66. The van der Waals surface area contributed by atoms with Gasteiger partial charge in [-0.05, 0) is 32.4 Å². The van der Waals surface area contributed by atoms with E-state index in [4.69, 9.17) is 0 Å². The topological polar surface area (TPSA) is 55.1 Å². The minimum Gasteiger partial charge on any atom is -0.390 e. The fourth-order valence-corrected chi connectivity index (χ4v) is 3.98. The van der Waals surface area contributed by atoms with Crippen LogP contribution in [-0.4, -0.2) is 29.6 Å².